The zero-order chi connectivity index (χ0) is 21.6. The Morgan fingerprint density at radius 1 is 0.903 bits per heavy atom. The third-order valence-corrected chi connectivity index (χ3v) is 4.74. The highest BCUT2D eigenvalue weighted by atomic mass is 16.2. The Bertz CT molecular complexity index is 1180. The lowest BCUT2D eigenvalue weighted by molar-refractivity contribution is -0.125. The smallest absolute Gasteiger partial charge is 0.324 e. The van der Waals surface area contributed by atoms with Gasteiger partial charge in [-0.3, -0.25) is 14.5 Å². The number of carbonyl (C=O) groups excluding carboxylic acids is 3. The third kappa shape index (κ3) is 4.98. The molecule has 0 saturated carbocycles. The highest BCUT2D eigenvalue weighted by molar-refractivity contribution is 6.04. The van der Waals surface area contributed by atoms with E-state index < -0.39 is 6.03 Å². The van der Waals surface area contributed by atoms with Gasteiger partial charge < -0.3 is 10.6 Å². The number of anilines is 1. The number of carbonyl (C=O) groups is 3. The van der Waals surface area contributed by atoms with E-state index in [0.29, 0.717) is 11.3 Å². The second-order valence-electron chi connectivity index (χ2n) is 6.99. The first kappa shape index (κ1) is 19.9. The SMILES string of the molecule is O=C(Nc1cccc(C#Cc2ccccc2)c1)c1ccc(CN2C(=O)CNC2=O)cc1. The molecule has 0 aromatic heterocycles. The monoisotopic (exact) mass is 409 g/mol. The molecule has 6 nitrogen and oxygen atoms in total. The minimum absolute atomic E-state index is 0.0219. The van der Waals surface area contributed by atoms with E-state index in [1.54, 1.807) is 30.3 Å². The second-order valence-corrected chi connectivity index (χ2v) is 6.99. The second kappa shape index (κ2) is 8.97. The molecule has 1 saturated heterocycles. The summed E-state index contributed by atoms with van der Waals surface area (Å²) in [4.78, 5) is 37.1. The van der Waals surface area contributed by atoms with Gasteiger partial charge in [-0.1, -0.05) is 48.2 Å². The van der Waals surface area contributed by atoms with Crippen molar-refractivity contribution in [3.8, 4) is 11.8 Å². The average molecular weight is 409 g/mol. The fraction of sp³-hybridized carbons (Fsp3) is 0.0800. The molecular weight excluding hydrogens is 390 g/mol. The minimum Gasteiger partial charge on any atom is -0.329 e. The van der Waals surface area contributed by atoms with Crippen molar-refractivity contribution >= 4 is 23.5 Å². The lowest BCUT2D eigenvalue weighted by Crippen LogP contribution is -2.30. The Hall–Kier alpha value is -4.37. The van der Waals surface area contributed by atoms with Crippen molar-refractivity contribution in [2.45, 2.75) is 6.54 Å². The number of benzene rings is 3. The van der Waals surface area contributed by atoms with Crippen LogP contribution in [0.4, 0.5) is 10.5 Å². The molecule has 2 N–H and O–H groups in total. The number of rotatable bonds is 4. The molecular formula is C25H19N3O3. The van der Waals surface area contributed by atoms with E-state index in [4.69, 9.17) is 0 Å². The summed E-state index contributed by atoms with van der Waals surface area (Å²) in [5.74, 6) is 5.68. The average Bonchev–Trinajstić information content (AvgIpc) is 3.11. The van der Waals surface area contributed by atoms with Gasteiger partial charge in [-0.15, -0.1) is 0 Å². The zero-order valence-corrected chi connectivity index (χ0v) is 16.6. The first-order chi connectivity index (χ1) is 15.1. The molecule has 1 aliphatic heterocycles. The van der Waals surface area contributed by atoms with Gasteiger partial charge in [0, 0.05) is 22.4 Å². The van der Waals surface area contributed by atoms with E-state index >= 15 is 0 Å². The van der Waals surface area contributed by atoms with Crippen LogP contribution in [0.2, 0.25) is 0 Å². The summed E-state index contributed by atoms with van der Waals surface area (Å²) in [5.41, 5.74) is 3.60. The van der Waals surface area contributed by atoms with Gasteiger partial charge in [-0.2, -0.15) is 0 Å². The van der Waals surface area contributed by atoms with Crippen LogP contribution >= 0.6 is 0 Å². The summed E-state index contributed by atoms with van der Waals surface area (Å²) in [6.45, 7) is 0.197. The van der Waals surface area contributed by atoms with Crippen LogP contribution in [0.5, 0.6) is 0 Å². The maximum Gasteiger partial charge on any atom is 0.324 e. The number of hydrogen-bond donors (Lipinski definition) is 2. The topological polar surface area (TPSA) is 78.5 Å². The number of nitrogens with one attached hydrogen (secondary N) is 2. The van der Waals surface area contributed by atoms with Crippen LogP contribution in [0.15, 0.2) is 78.9 Å². The summed E-state index contributed by atoms with van der Waals surface area (Å²) in [6.07, 6.45) is 0. The maximum absolute atomic E-state index is 12.6. The molecule has 3 aromatic rings. The van der Waals surface area contributed by atoms with E-state index in [0.717, 1.165) is 21.6 Å². The molecule has 152 valence electrons. The van der Waals surface area contributed by atoms with E-state index in [9.17, 15) is 14.4 Å². The van der Waals surface area contributed by atoms with Gasteiger partial charge in [0.15, 0.2) is 0 Å². The molecule has 0 radical (unpaired) electrons. The van der Waals surface area contributed by atoms with E-state index in [1.165, 1.54) is 0 Å². The van der Waals surface area contributed by atoms with Gasteiger partial charge in [0.25, 0.3) is 5.91 Å². The number of urea groups is 1. The molecule has 0 aliphatic carbocycles. The predicted octanol–water partition coefficient (Wildman–Crippen LogP) is 3.39. The lowest BCUT2D eigenvalue weighted by Gasteiger charge is -2.12. The highest BCUT2D eigenvalue weighted by Crippen LogP contribution is 2.14. The molecule has 6 heteroatoms. The fourth-order valence-electron chi connectivity index (χ4n) is 3.10. The van der Waals surface area contributed by atoms with Crippen molar-refractivity contribution < 1.29 is 14.4 Å². The number of nitrogens with zero attached hydrogens (tertiary/aromatic N) is 1. The Balaban J connectivity index is 1.41. The van der Waals surface area contributed by atoms with Gasteiger partial charge >= 0.3 is 6.03 Å². The van der Waals surface area contributed by atoms with Crippen LogP contribution in [0.1, 0.15) is 27.0 Å². The van der Waals surface area contributed by atoms with Crippen LogP contribution in [-0.2, 0) is 11.3 Å². The molecule has 1 fully saturated rings. The Morgan fingerprint density at radius 2 is 1.61 bits per heavy atom. The molecule has 0 atom stereocenters. The summed E-state index contributed by atoms with van der Waals surface area (Å²) in [6, 6.07) is 23.4. The number of imide groups is 1. The van der Waals surface area contributed by atoms with E-state index in [-0.39, 0.29) is 24.9 Å². The fourth-order valence-corrected chi connectivity index (χ4v) is 3.10. The summed E-state index contributed by atoms with van der Waals surface area (Å²) in [7, 11) is 0. The van der Waals surface area contributed by atoms with Gasteiger partial charge in [-0.05, 0) is 48.0 Å². The molecule has 0 spiro atoms. The van der Waals surface area contributed by atoms with Gasteiger partial charge in [0.05, 0.1) is 13.1 Å². The molecule has 0 unspecified atom stereocenters. The van der Waals surface area contributed by atoms with Crippen LogP contribution in [0.25, 0.3) is 0 Å². The van der Waals surface area contributed by atoms with Crippen molar-refractivity contribution in [1.82, 2.24) is 10.2 Å². The molecule has 3 aromatic carbocycles. The van der Waals surface area contributed by atoms with Gasteiger partial charge in [0.1, 0.15) is 0 Å². The quantitative estimate of drug-likeness (QED) is 0.512. The summed E-state index contributed by atoms with van der Waals surface area (Å²) >= 11 is 0. The van der Waals surface area contributed by atoms with Crippen molar-refractivity contribution in [2.24, 2.45) is 0 Å². The van der Waals surface area contributed by atoms with Crippen LogP contribution in [-0.4, -0.2) is 29.3 Å². The Labute approximate surface area is 179 Å². The third-order valence-electron chi connectivity index (χ3n) is 4.74. The predicted molar refractivity (Wildman–Crippen MR) is 117 cm³/mol. The van der Waals surface area contributed by atoms with Gasteiger partial charge in [-0.25, -0.2) is 4.79 Å². The number of amides is 4. The maximum atomic E-state index is 12.6. The minimum atomic E-state index is -0.401. The lowest BCUT2D eigenvalue weighted by atomic mass is 10.1. The van der Waals surface area contributed by atoms with Crippen LogP contribution in [0.3, 0.4) is 0 Å². The zero-order valence-electron chi connectivity index (χ0n) is 16.6. The largest absolute Gasteiger partial charge is 0.329 e. The highest BCUT2D eigenvalue weighted by Gasteiger charge is 2.28. The summed E-state index contributed by atoms with van der Waals surface area (Å²) < 4.78 is 0. The molecule has 0 bridgehead atoms. The first-order valence-electron chi connectivity index (χ1n) is 9.74. The van der Waals surface area contributed by atoms with Crippen LogP contribution < -0.4 is 10.6 Å². The van der Waals surface area contributed by atoms with Crippen molar-refractivity contribution in [3.63, 3.8) is 0 Å². The van der Waals surface area contributed by atoms with Crippen LogP contribution in [0, 0.1) is 11.8 Å². The summed E-state index contributed by atoms with van der Waals surface area (Å²) in [5, 5.41) is 5.35. The van der Waals surface area contributed by atoms with Crippen molar-refractivity contribution in [1.29, 1.82) is 0 Å². The standard InChI is InChI=1S/C25H19N3O3/c29-23-16-26-25(31)28(23)17-20-11-13-21(14-12-20)24(30)27-22-8-4-7-19(15-22)10-9-18-5-2-1-3-6-18/h1-8,11-15H,16-17H2,(H,26,31)(H,27,30). The van der Waals surface area contributed by atoms with Crippen molar-refractivity contribution in [3.05, 3.63) is 101 Å². The first-order valence-corrected chi connectivity index (χ1v) is 9.74. The Kier molecular flexibility index (Phi) is 5.77. The molecule has 4 amide bonds. The molecule has 1 heterocycles. The normalized spacial score (nSPS) is 12.7. The Morgan fingerprint density at radius 3 is 2.32 bits per heavy atom. The van der Waals surface area contributed by atoms with Gasteiger partial charge in [0.2, 0.25) is 5.91 Å². The van der Waals surface area contributed by atoms with E-state index in [1.807, 2.05) is 48.5 Å². The molecule has 31 heavy (non-hydrogen) atoms. The van der Waals surface area contributed by atoms with Crippen molar-refractivity contribution in [2.75, 3.05) is 11.9 Å². The van der Waals surface area contributed by atoms with E-state index in [2.05, 4.69) is 22.5 Å². The molecule has 1 aliphatic rings. The molecule has 4 rings (SSSR count). The number of hydrogen-bond acceptors (Lipinski definition) is 3.